The van der Waals surface area contributed by atoms with Crippen LogP contribution < -0.4 is 10.6 Å². The molecule has 1 spiro atoms. The lowest BCUT2D eigenvalue weighted by molar-refractivity contribution is -0.124. The van der Waals surface area contributed by atoms with Gasteiger partial charge in [-0.15, -0.1) is 23.2 Å². The molecule has 0 bridgehead atoms. The van der Waals surface area contributed by atoms with Crippen LogP contribution in [0.4, 0.5) is 9.59 Å². The van der Waals surface area contributed by atoms with Crippen molar-refractivity contribution in [1.82, 2.24) is 10.6 Å². The number of imide groups is 2. The molecular formula is C24H30Cl2N2O7. The Morgan fingerprint density at radius 2 is 1.63 bits per heavy atom. The molecule has 35 heavy (non-hydrogen) atoms. The second-order valence-corrected chi connectivity index (χ2v) is 9.38. The zero-order valence-corrected chi connectivity index (χ0v) is 20.9. The highest BCUT2D eigenvalue weighted by Crippen LogP contribution is 2.53. The average molecular weight is 529 g/mol. The number of nitrogens with one attached hydrogen (secondary N) is 2. The van der Waals surface area contributed by atoms with Crippen LogP contribution in [0.15, 0.2) is 30.3 Å². The van der Waals surface area contributed by atoms with Crippen LogP contribution in [0.2, 0.25) is 0 Å². The van der Waals surface area contributed by atoms with Gasteiger partial charge < -0.3 is 14.2 Å². The molecule has 2 aliphatic rings. The summed E-state index contributed by atoms with van der Waals surface area (Å²) in [4.78, 5) is 47.7. The third kappa shape index (κ3) is 7.56. The van der Waals surface area contributed by atoms with Crippen molar-refractivity contribution in [2.24, 2.45) is 0 Å². The van der Waals surface area contributed by atoms with Crippen LogP contribution in [0, 0.1) is 0 Å². The summed E-state index contributed by atoms with van der Waals surface area (Å²) in [6.45, 7) is 0.400. The molecule has 2 fully saturated rings. The van der Waals surface area contributed by atoms with Gasteiger partial charge in [-0.2, -0.15) is 0 Å². The van der Waals surface area contributed by atoms with Crippen molar-refractivity contribution in [3.05, 3.63) is 35.9 Å². The van der Waals surface area contributed by atoms with E-state index in [-0.39, 0.29) is 18.2 Å². The maximum Gasteiger partial charge on any atom is 0.414 e. The van der Waals surface area contributed by atoms with Crippen LogP contribution in [0.25, 0.3) is 0 Å². The van der Waals surface area contributed by atoms with Gasteiger partial charge in [-0.25, -0.2) is 9.59 Å². The highest BCUT2D eigenvalue weighted by molar-refractivity contribution is 6.28. The smallest absolute Gasteiger partial charge is 0.414 e. The number of hydrogen-bond acceptors (Lipinski definition) is 7. The largest absolute Gasteiger partial charge is 0.446 e. The van der Waals surface area contributed by atoms with Crippen LogP contribution in [0.3, 0.4) is 0 Å². The molecule has 1 saturated carbocycles. The number of benzene rings is 1. The zero-order chi connectivity index (χ0) is 25.3. The Balaban J connectivity index is 1.66. The summed E-state index contributed by atoms with van der Waals surface area (Å²) < 4.78 is 17.1. The van der Waals surface area contributed by atoms with Crippen LogP contribution >= 0.6 is 23.2 Å². The molecule has 0 radical (unpaired) electrons. The SMILES string of the molecule is O=C(CCl)NC(=O)O[C@H]1CC[C@]2(CO2)[C@@](CCCCCc2ccccc2)(OC(=O)NC(=O)CCl)C1. The Bertz CT molecular complexity index is 910. The molecule has 1 heterocycles. The first-order valence-electron chi connectivity index (χ1n) is 11.6. The summed E-state index contributed by atoms with van der Waals surface area (Å²) in [7, 11) is 0. The molecule has 2 N–H and O–H groups in total. The first-order chi connectivity index (χ1) is 16.8. The number of alkyl carbamates (subject to hydrolysis) is 2. The Morgan fingerprint density at radius 3 is 2.26 bits per heavy atom. The van der Waals surface area contributed by atoms with Crippen molar-refractivity contribution < 1.29 is 33.4 Å². The fourth-order valence-electron chi connectivity index (χ4n) is 4.63. The van der Waals surface area contributed by atoms with E-state index in [1.807, 2.05) is 23.5 Å². The second kappa shape index (κ2) is 12.6. The van der Waals surface area contributed by atoms with E-state index in [0.717, 1.165) is 25.7 Å². The highest BCUT2D eigenvalue weighted by atomic mass is 35.5. The summed E-state index contributed by atoms with van der Waals surface area (Å²) in [5.41, 5.74) is -0.547. The van der Waals surface area contributed by atoms with Crippen molar-refractivity contribution in [3.63, 3.8) is 0 Å². The third-order valence-electron chi connectivity index (χ3n) is 6.43. The van der Waals surface area contributed by atoms with E-state index in [9.17, 15) is 19.2 Å². The summed E-state index contributed by atoms with van der Waals surface area (Å²) in [6, 6.07) is 10.2. The first kappa shape index (κ1) is 27.2. The van der Waals surface area contributed by atoms with Crippen LogP contribution in [-0.4, -0.2) is 59.7 Å². The number of unbranched alkanes of at least 4 members (excludes halogenated alkanes) is 2. The minimum absolute atomic E-state index is 0.177. The quantitative estimate of drug-likeness (QED) is 0.268. The van der Waals surface area contributed by atoms with Crippen molar-refractivity contribution in [2.75, 3.05) is 18.4 Å². The van der Waals surface area contributed by atoms with Gasteiger partial charge in [-0.3, -0.25) is 20.2 Å². The first-order valence-corrected chi connectivity index (χ1v) is 12.7. The predicted molar refractivity (Wildman–Crippen MR) is 128 cm³/mol. The van der Waals surface area contributed by atoms with Gasteiger partial charge in [0.15, 0.2) is 0 Å². The van der Waals surface area contributed by atoms with Crippen LogP contribution in [0.1, 0.15) is 50.5 Å². The molecule has 11 heteroatoms. The molecule has 1 saturated heterocycles. The molecule has 4 amide bonds. The number of halogens is 2. The van der Waals surface area contributed by atoms with Gasteiger partial charge in [0.25, 0.3) is 0 Å². The summed E-state index contributed by atoms with van der Waals surface area (Å²) in [6.07, 6.45) is 2.67. The standard InChI is InChI=1S/C24H30Cl2N2O7/c25-14-19(29)27-21(31)34-18-10-12-24(16-33-24)23(13-18,35-22(32)28-20(30)15-26)11-6-2-5-9-17-7-3-1-4-8-17/h1,3-4,7-8,18H,2,5-6,9-16H2,(H,27,29,31)(H,28,30,32)/t18-,23-,24-/m0/s1. The molecule has 1 aromatic carbocycles. The Kier molecular flexibility index (Phi) is 9.77. The van der Waals surface area contributed by atoms with E-state index < -0.39 is 41.3 Å². The van der Waals surface area contributed by atoms with Gasteiger partial charge in [0.1, 0.15) is 29.1 Å². The molecule has 1 aromatic rings. The van der Waals surface area contributed by atoms with Crippen molar-refractivity contribution in [3.8, 4) is 0 Å². The van der Waals surface area contributed by atoms with Crippen LogP contribution in [-0.2, 0) is 30.2 Å². The van der Waals surface area contributed by atoms with E-state index in [1.54, 1.807) is 0 Å². The molecule has 0 unspecified atom stereocenters. The number of aryl methyl sites for hydroxylation is 1. The summed E-state index contributed by atoms with van der Waals surface area (Å²) in [5, 5.41) is 4.16. The lowest BCUT2D eigenvalue weighted by atomic mass is 9.71. The van der Waals surface area contributed by atoms with Gasteiger partial charge in [0.2, 0.25) is 11.8 Å². The van der Waals surface area contributed by atoms with E-state index in [0.29, 0.717) is 25.9 Å². The van der Waals surface area contributed by atoms with Gasteiger partial charge in [-0.1, -0.05) is 36.8 Å². The molecule has 192 valence electrons. The van der Waals surface area contributed by atoms with E-state index in [2.05, 4.69) is 17.4 Å². The third-order valence-corrected chi connectivity index (χ3v) is 6.91. The summed E-state index contributed by atoms with van der Waals surface area (Å²) >= 11 is 10.9. The Morgan fingerprint density at radius 1 is 0.971 bits per heavy atom. The van der Waals surface area contributed by atoms with Gasteiger partial charge in [0.05, 0.1) is 6.61 Å². The fraction of sp³-hybridized carbons (Fsp3) is 0.583. The molecule has 3 rings (SSSR count). The minimum Gasteiger partial charge on any atom is -0.446 e. The van der Waals surface area contributed by atoms with Crippen molar-refractivity contribution in [1.29, 1.82) is 0 Å². The normalized spacial score (nSPS) is 24.9. The predicted octanol–water partition coefficient (Wildman–Crippen LogP) is 3.83. The number of amides is 4. The maximum atomic E-state index is 12.5. The Labute approximate surface area is 214 Å². The van der Waals surface area contributed by atoms with Crippen LogP contribution in [0.5, 0.6) is 0 Å². The number of ether oxygens (including phenoxy) is 3. The van der Waals surface area contributed by atoms with E-state index in [4.69, 9.17) is 37.4 Å². The lowest BCUT2D eigenvalue weighted by Gasteiger charge is -2.44. The highest BCUT2D eigenvalue weighted by Gasteiger charge is 2.66. The molecular weight excluding hydrogens is 499 g/mol. The molecule has 1 aliphatic carbocycles. The monoisotopic (exact) mass is 528 g/mol. The molecule has 0 aromatic heterocycles. The number of rotatable bonds is 10. The van der Waals surface area contributed by atoms with E-state index in [1.165, 1.54) is 5.56 Å². The average Bonchev–Trinajstić information content (AvgIpc) is 3.63. The topological polar surface area (TPSA) is 123 Å². The summed E-state index contributed by atoms with van der Waals surface area (Å²) in [5.74, 6) is -2.11. The van der Waals surface area contributed by atoms with Gasteiger partial charge in [-0.05, 0) is 44.1 Å². The van der Waals surface area contributed by atoms with Gasteiger partial charge >= 0.3 is 12.2 Å². The lowest BCUT2D eigenvalue weighted by Crippen LogP contribution is -2.57. The number of carbonyl (C=O) groups excluding carboxylic acids is 4. The molecule has 3 atom stereocenters. The second-order valence-electron chi connectivity index (χ2n) is 8.85. The molecule has 9 nitrogen and oxygen atoms in total. The number of alkyl halides is 2. The number of epoxide rings is 1. The molecule has 1 aliphatic heterocycles. The zero-order valence-electron chi connectivity index (χ0n) is 19.4. The maximum absolute atomic E-state index is 12.5. The minimum atomic E-state index is -1.10. The van der Waals surface area contributed by atoms with Crippen molar-refractivity contribution in [2.45, 2.75) is 68.7 Å². The Hall–Kier alpha value is -2.36. The van der Waals surface area contributed by atoms with Crippen molar-refractivity contribution >= 4 is 47.2 Å². The van der Waals surface area contributed by atoms with Gasteiger partial charge in [0, 0.05) is 6.42 Å². The number of hydrogen-bond donors (Lipinski definition) is 2. The number of carbonyl (C=O) groups is 4. The van der Waals surface area contributed by atoms with E-state index >= 15 is 0 Å². The fourth-order valence-corrected chi connectivity index (χ4v) is 4.76.